The molecule has 0 radical (unpaired) electrons. The zero-order valence-corrected chi connectivity index (χ0v) is 8.23. The van der Waals surface area contributed by atoms with Crippen LogP contribution in [0.2, 0.25) is 0 Å². The highest BCUT2D eigenvalue weighted by Gasteiger charge is 2.06. The number of rotatable bonds is 3. The van der Waals surface area contributed by atoms with Crippen molar-refractivity contribution >= 4 is 5.97 Å². The maximum absolute atomic E-state index is 11.0. The summed E-state index contributed by atoms with van der Waals surface area (Å²) in [5, 5.41) is 9.10. The van der Waals surface area contributed by atoms with Crippen molar-refractivity contribution in [2.45, 2.75) is 19.4 Å². The minimum absolute atomic E-state index is 0.402. The molecule has 1 heterocycles. The fourth-order valence-electron chi connectivity index (χ4n) is 1.09. The largest absolute Gasteiger partial charge is 0.465 e. The third-order valence-corrected chi connectivity index (χ3v) is 1.75. The lowest BCUT2D eigenvalue weighted by Gasteiger charge is -2.03. The molecule has 4 nitrogen and oxygen atoms in total. The van der Waals surface area contributed by atoms with Crippen LogP contribution in [0.25, 0.3) is 0 Å². The van der Waals surface area contributed by atoms with Gasteiger partial charge in [-0.05, 0) is 19.1 Å². The summed E-state index contributed by atoms with van der Waals surface area (Å²) >= 11 is 0. The molecule has 0 spiro atoms. The first-order valence-electron chi connectivity index (χ1n) is 4.35. The summed E-state index contributed by atoms with van der Waals surface area (Å²) in [5.74, 6) is -0.402. The highest BCUT2D eigenvalue weighted by molar-refractivity contribution is 5.88. The van der Waals surface area contributed by atoms with E-state index in [0.29, 0.717) is 12.0 Å². The van der Waals surface area contributed by atoms with Gasteiger partial charge in [0.2, 0.25) is 0 Å². The van der Waals surface area contributed by atoms with Gasteiger partial charge in [-0.2, -0.15) is 0 Å². The number of esters is 1. The molecule has 0 aromatic carbocycles. The molecular weight excluding hydrogens is 182 g/mol. The Hall–Kier alpha value is -1.42. The molecule has 0 aliphatic rings. The first kappa shape index (κ1) is 10.7. The molecule has 0 fully saturated rings. The van der Waals surface area contributed by atoms with Gasteiger partial charge >= 0.3 is 5.97 Å². The van der Waals surface area contributed by atoms with E-state index in [1.807, 2.05) is 0 Å². The van der Waals surface area contributed by atoms with Crippen LogP contribution in [0, 0.1) is 0 Å². The summed E-state index contributed by atoms with van der Waals surface area (Å²) in [7, 11) is 1.33. The Morgan fingerprint density at radius 3 is 2.79 bits per heavy atom. The molecule has 1 rings (SSSR count). The Labute approximate surface area is 82.5 Å². The van der Waals surface area contributed by atoms with Gasteiger partial charge in [-0.1, -0.05) is 0 Å². The average Bonchev–Trinajstić information content (AvgIpc) is 2.17. The van der Waals surface area contributed by atoms with Gasteiger partial charge in [-0.15, -0.1) is 0 Å². The Bertz CT molecular complexity index is 306. The number of carbonyl (C=O) groups excluding carboxylic acids is 1. The molecule has 1 aromatic heterocycles. The van der Waals surface area contributed by atoms with Gasteiger partial charge in [0.05, 0.1) is 18.8 Å². The standard InChI is InChI=1S/C10H13NO3/c1-7(12)5-9-4-3-8(6-11-9)10(13)14-2/h3-4,6-7,12H,5H2,1-2H3/t7-/m1/s1. The van der Waals surface area contributed by atoms with Crippen LogP contribution in [0.3, 0.4) is 0 Å². The number of methoxy groups -OCH3 is 1. The van der Waals surface area contributed by atoms with E-state index in [-0.39, 0.29) is 0 Å². The van der Waals surface area contributed by atoms with Gasteiger partial charge in [-0.3, -0.25) is 4.98 Å². The second-order valence-corrected chi connectivity index (χ2v) is 3.08. The topological polar surface area (TPSA) is 59.4 Å². The Balaban J connectivity index is 2.73. The quantitative estimate of drug-likeness (QED) is 0.724. The van der Waals surface area contributed by atoms with Crippen molar-refractivity contribution in [3.8, 4) is 0 Å². The number of hydrogen-bond acceptors (Lipinski definition) is 4. The summed E-state index contributed by atoms with van der Waals surface area (Å²) in [4.78, 5) is 15.1. The van der Waals surface area contributed by atoms with Crippen molar-refractivity contribution in [3.05, 3.63) is 29.6 Å². The van der Waals surface area contributed by atoms with Gasteiger partial charge < -0.3 is 9.84 Å². The van der Waals surface area contributed by atoms with Crippen LogP contribution in [0.15, 0.2) is 18.3 Å². The van der Waals surface area contributed by atoms with Crippen molar-refractivity contribution in [2.75, 3.05) is 7.11 Å². The number of ether oxygens (including phenoxy) is 1. The van der Waals surface area contributed by atoms with E-state index in [0.717, 1.165) is 5.69 Å². The number of hydrogen-bond donors (Lipinski definition) is 1. The lowest BCUT2D eigenvalue weighted by atomic mass is 10.2. The molecule has 1 atom stereocenters. The van der Waals surface area contributed by atoms with E-state index >= 15 is 0 Å². The maximum atomic E-state index is 11.0. The molecular formula is C10H13NO3. The summed E-state index contributed by atoms with van der Waals surface area (Å²) < 4.78 is 4.53. The molecule has 0 aliphatic heterocycles. The smallest absolute Gasteiger partial charge is 0.339 e. The Kier molecular flexibility index (Phi) is 3.59. The summed E-state index contributed by atoms with van der Waals surface area (Å²) in [6.07, 6.45) is 1.51. The summed E-state index contributed by atoms with van der Waals surface area (Å²) in [6, 6.07) is 3.34. The zero-order valence-electron chi connectivity index (χ0n) is 8.23. The van der Waals surface area contributed by atoms with Crippen LogP contribution in [0.1, 0.15) is 23.0 Å². The third kappa shape index (κ3) is 2.81. The van der Waals surface area contributed by atoms with Crippen molar-refractivity contribution in [1.82, 2.24) is 4.98 Å². The van der Waals surface area contributed by atoms with Crippen LogP contribution in [-0.2, 0) is 11.2 Å². The molecule has 1 N–H and O–H groups in total. The Morgan fingerprint density at radius 2 is 2.36 bits per heavy atom. The molecule has 4 heteroatoms. The van der Waals surface area contributed by atoms with Crippen LogP contribution >= 0.6 is 0 Å². The van der Waals surface area contributed by atoms with Crippen LogP contribution in [-0.4, -0.2) is 29.3 Å². The predicted octanol–water partition coefficient (Wildman–Crippen LogP) is 0.792. The second kappa shape index (κ2) is 4.72. The predicted molar refractivity (Wildman–Crippen MR) is 51.0 cm³/mol. The molecule has 0 amide bonds. The molecule has 0 saturated heterocycles. The second-order valence-electron chi connectivity index (χ2n) is 3.08. The molecule has 0 unspecified atom stereocenters. The van der Waals surface area contributed by atoms with Crippen LogP contribution < -0.4 is 0 Å². The average molecular weight is 195 g/mol. The SMILES string of the molecule is COC(=O)c1ccc(C[C@@H](C)O)nc1. The Morgan fingerprint density at radius 1 is 1.64 bits per heavy atom. The van der Waals surface area contributed by atoms with E-state index in [9.17, 15) is 4.79 Å². The zero-order chi connectivity index (χ0) is 10.6. The monoisotopic (exact) mass is 195 g/mol. The van der Waals surface area contributed by atoms with Crippen molar-refractivity contribution in [1.29, 1.82) is 0 Å². The molecule has 0 aliphatic carbocycles. The summed E-state index contributed by atoms with van der Waals surface area (Å²) in [5.41, 5.74) is 1.18. The number of pyridine rings is 1. The first-order chi connectivity index (χ1) is 6.63. The van der Waals surface area contributed by atoms with Gasteiger partial charge in [-0.25, -0.2) is 4.79 Å². The minimum Gasteiger partial charge on any atom is -0.465 e. The number of aromatic nitrogens is 1. The van der Waals surface area contributed by atoms with Crippen molar-refractivity contribution in [3.63, 3.8) is 0 Å². The van der Waals surface area contributed by atoms with Crippen LogP contribution in [0.4, 0.5) is 0 Å². The van der Waals surface area contributed by atoms with Crippen molar-refractivity contribution < 1.29 is 14.6 Å². The maximum Gasteiger partial charge on any atom is 0.339 e. The van der Waals surface area contributed by atoms with E-state index < -0.39 is 12.1 Å². The van der Waals surface area contributed by atoms with Crippen molar-refractivity contribution in [2.24, 2.45) is 0 Å². The van der Waals surface area contributed by atoms with Gasteiger partial charge in [0.15, 0.2) is 0 Å². The van der Waals surface area contributed by atoms with Gasteiger partial charge in [0.25, 0.3) is 0 Å². The molecule has 14 heavy (non-hydrogen) atoms. The van der Waals surface area contributed by atoms with E-state index in [4.69, 9.17) is 5.11 Å². The molecule has 0 saturated carbocycles. The number of aliphatic hydroxyl groups is 1. The fraction of sp³-hybridized carbons (Fsp3) is 0.400. The van der Waals surface area contributed by atoms with Crippen LogP contribution in [0.5, 0.6) is 0 Å². The summed E-state index contributed by atoms with van der Waals surface area (Å²) in [6.45, 7) is 1.69. The van der Waals surface area contributed by atoms with E-state index in [2.05, 4.69) is 9.72 Å². The first-order valence-corrected chi connectivity index (χ1v) is 4.35. The lowest BCUT2D eigenvalue weighted by Crippen LogP contribution is -2.07. The number of carbonyl (C=O) groups is 1. The normalized spacial score (nSPS) is 12.2. The lowest BCUT2D eigenvalue weighted by molar-refractivity contribution is 0.0600. The molecule has 1 aromatic rings. The number of aliphatic hydroxyl groups excluding tert-OH is 1. The van der Waals surface area contributed by atoms with E-state index in [1.165, 1.54) is 13.3 Å². The van der Waals surface area contributed by atoms with Gasteiger partial charge in [0, 0.05) is 18.3 Å². The third-order valence-electron chi connectivity index (χ3n) is 1.75. The molecule has 0 bridgehead atoms. The highest BCUT2D eigenvalue weighted by atomic mass is 16.5. The minimum atomic E-state index is -0.425. The molecule has 76 valence electrons. The highest BCUT2D eigenvalue weighted by Crippen LogP contribution is 2.04. The van der Waals surface area contributed by atoms with E-state index in [1.54, 1.807) is 19.1 Å². The van der Waals surface area contributed by atoms with Gasteiger partial charge in [0.1, 0.15) is 0 Å². The fourth-order valence-corrected chi connectivity index (χ4v) is 1.09. The number of nitrogens with zero attached hydrogens (tertiary/aromatic N) is 1.